The largest absolute Gasteiger partial charge is 0.495 e. The molecule has 10 nitrogen and oxygen atoms in total. The van der Waals surface area contributed by atoms with Crippen LogP contribution >= 0.6 is 0 Å². The number of carbonyl (C=O) groups excluding carboxylic acids is 2. The van der Waals surface area contributed by atoms with Gasteiger partial charge in [-0.3, -0.25) is 4.79 Å². The second kappa shape index (κ2) is 11.9. The van der Waals surface area contributed by atoms with E-state index < -0.39 is 17.7 Å². The van der Waals surface area contributed by atoms with Crippen molar-refractivity contribution in [1.82, 2.24) is 4.90 Å². The average molecular weight is 534 g/mol. The van der Waals surface area contributed by atoms with Crippen LogP contribution in [-0.2, 0) is 11.2 Å². The molecule has 0 aromatic heterocycles. The molecule has 204 valence electrons. The molecule has 3 amide bonds. The van der Waals surface area contributed by atoms with E-state index in [4.69, 9.17) is 14.6 Å². The van der Waals surface area contributed by atoms with Gasteiger partial charge in [-0.25, -0.2) is 9.59 Å². The quantitative estimate of drug-likeness (QED) is 0.322. The van der Waals surface area contributed by atoms with Gasteiger partial charge in [0.05, 0.1) is 24.8 Å². The minimum Gasteiger partial charge on any atom is -0.495 e. The summed E-state index contributed by atoms with van der Waals surface area (Å²) in [7, 11) is 1.48. The van der Waals surface area contributed by atoms with E-state index in [0.29, 0.717) is 47.8 Å². The zero-order chi connectivity index (χ0) is 28.0. The Kier molecular flexibility index (Phi) is 8.36. The number of carboxylic acids is 1. The van der Waals surface area contributed by atoms with Crippen molar-refractivity contribution in [2.45, 2.75) is 31.9 Å². The van der Waals surface area contributed by atoms with E-state index in [-0.39, 0.29) is 24.5 Å². The Labute approximate surface area is 226 Å². The zero-order valence-corrected chi connectivity index (χ0v) is 21.8. The van der Waals surface area contributed by atoms with E-state index in [2.05, 4.69) is 10.6 Å². The number of para-hydroxylation sites is 1. The molecular weight excluding hydrogens is 502 g/mol. The van der Waals surface area contributed by atoms with Crippen molar-refractivity contribution in [3.63, 3.8) is 0 Å². The molecule has 1 aliphatic heterocycles. The number of anilines is 2. The second-order valence-corrected chi connectivity index (χ2v) is 9.36. The van der Waals surface area contributed by atoms with Crippen LogP contribution in [0.3, 0.4) is 0 Å². The van der Waals surface area contributed by atoms with Gasteiger partial charge < -0.3 is 35.2 Å². The third kappa shape index (κ3) is 6.66. The van der Waals surface area contributed by atoms with Gasteiger partial charge in [-0.1, -0.05) is 24.3 Å². The number of carbonyl (C=O) groups is 3. The van der Waals surface area contributed by atoms with Gasteiger partial charge in [0.15, 0.2) is 5.72 Å². The number of ether oxygens (including phenoxy) is 2. The molecule has 0 unspecified atom stereocenters. The highest BCUT2D eigenvalue weighted by Gasteiger charge is 2.42. The lowest BCUT2D eigenvalue weighted by Gasteiger charge is -2.33. The molecule has 10 heteroatoms. The Bertz CT molecular complexity index is 1360. The van der Waals surface area contributed by atoms with Gasteiger partial charge in [0.25, 0.3) is 0 Å². The lowest BCUT2D eigenvalue weighted by atomic mass is 10.1. The molecular formula is C29H31N3O7. The standard InChI is InChI=1S/C29H31N3O7/c1-19-6-3-4-7-23(19)30-28(36)31-24-13-8-20(16-25(24)38-2)17-26(33)32-15-5-14-29(32,37)18-39-22-11-9-21(10-12-22)27(34)35/h3-4,6-13,16,37H,5,14-15,17-18H2,1-2H3,(H,34,35)(H2,30,31,36)/t29-/m0/s1. The SMILES string of the molecule is COc1cc(CC(=O)N2CCC[C@]2(O)COc2ccc(C(=O)O)cc2)ccc1NC(=O)Nc1ccccc1C. The van der Waals surface area contributed by atoms with E-state index in [1.54, 1.807) is 24.3 Å². The molecule has 4 rings (SSSR count). The van der Waals surface area contributed by atoms with Crippen LogP contribution in [-0.4, -0.2) is 59.0 Å². The number of benzene rings is 3. The molecule has 1 atom stereocenters. The van der Waals surface area contributed by atoms with Gasteiger partial charge in [-0.05, 0) is 66.9 Å². The topological polar surface area (TPSA) is 137 Å². The molecule has 0 spiro atoms. The maximum atomic E-state index is 13.2. The van der Waals surface area contributed by atoms with Crippen LogP contribution in [0.1, 0.15) is 34.3 Å². The minimum atomic E-state index is -1.48. The summed E-state index contributed by atoms with van der Waals surface area (Å²) in [6, 6.07) is 17.9. The minimum absolute atomic E-state index is 0.0155. The third-order valence-electron chi connectivity index (χ3n) is 6.60. The maximum absolute atomic E-state index is 13.2. The molecule has 1 heterocycles. The third-order valence-corrected chi connectivity index (χ3v) is 6.60. The van der Waals surface area contributed by atoms with Gasteiger partial charge in [0, 0.05) is 18.7 Å². The molecule has 4 N–H and O–H groups in total. The van der Waals surface area contributed by atoms with Crippen molar-refractivity contribution in [2.75, 3.05) is 30.9 Å². The Balaban J connectivity index is 1.38. The smallest absolute Gasteiger partial charge is 0.335 e. The number of methoxy groups -OCH3 is 1. The lowest BCUT2D eigenvalue weighted by molar-refractivity contribution is -0.157. The average Bonchev–Trinajstić information content (AvgIpc) is 3.31. The highest BCUT2D eigenvalue weighted by molar-refractivity contribution is 6.01. The molecule has 1 fully saturated rings. The highest BCUT2D eigenvalue weighted by atomic mass is 16.5. The number of hydrogen-bond acceptors (Lipinski definition) is 6. The Morgan fingerprint density at radius 1 is 1.00 bits per heavy atom. The van der Waals surface area contributed by atoms with Gasteiger partial charge >= 0.3 is 12.0 Å². The predicted molar refractivity (Wildman–Crippen MR) is 145 cm³/mol. The summed E-state index contributed by atoms with van der Waals surface area (Å²) in [4.78, 5) is 38.1. The van der Waals surface area contributed by atoms with Crippen molar-refractivity contribution >= 4 is 29.3 Å². The number of aliphatic hydroxyl groups is 1. The number of urea groups is 1. The van der Waals surface area contributed by atoms with E-state index >= 15 is 0 Å². The Morgan fingerprint density at radius 3 is 2.41 bits per heavy atom. The molecule has 39 heavy (non-hydrogen) atoms. The van der Waals surface area contributed by atoms with Gasteiger partial charge in [0.2, 0.25) is 5.91 Å². The number of likely N-dealkylation sites (tertiary alicyclic amines) is 1. The number of carboxylic acid groups (broad SMARTS) is 1. The first-order valence-electron chi connectivity index (χ1n) is 12.5. The van der Waals surface area contributed by atoms with Gasteiger partial charge in [-0.2, -0.15) is 0 Å². The summed E-state index contributed by atoms with van der Waals surface area (Å²) in [5.74, 6) is -0.532. The van der Waals surface area contributed by atoms with Crippen LogP contribution in [0.15, 0.2) is 66.7 Å². The molecule has 3 aromatic carbocycles. The van der Waals surface area contributed by atoms with Crippen LogP contribution in [0.5, 0.6) is 11.5 Å². The molecule has 0 radical (unpaired) electrons. The number of aryl methyl sites for hydroxylation is 1. The fourth-order valence-corrected chi connectivity index (χ4v) is 4.47. The number of hydrogen-bond donors (Lipinski definition) is 4. The van der Waals surface area contributed by atoms with Crippen LogP contribution in [0.2, 0.25) is 0 Å². The van der Waals surface area contributed by atoms with Crippen LogP contribution < -0.4 is 20.1 Å². The van der Waals surface area contributed by atoms with Crippen LogP contribution in [0, 0.1) is 6.92 Å². The van der Waals surface area contributed by atoms with Crippen molar-refractivity contribution < 1.29 is 34.1 Å². The number of nitrogens with one attached hydrogen (secondary N) is 2. The van der Waals surface area contributed by atoms with Gasteiger partial charge in [-0.15, -0.1) is 0 Å². The van der Waals surface area contributed by atoms with Gasteiger partial charge in [0.1, 0.15) is 18.1 Å². The first kappa shape index (κ1) is 27.5. The van der Waals surface area contributed by atoms with Crippen LogP contribution in [0.25, 0.3) is 0 Å². The van der Waals surface area contributed by atoms with Crippen molar-refractivity contribution in [1.29, 1.82) is 0 Å². The number of aromatic carboxylic acids is 1. The Morgan fingerprint density at radius 2 is 1.72 bits per heavy atom. The number of nitrogens with zero attached hydrogens (tertiary/aromatic N) is 1. The van der Waals surface area contributed by atoms with Crippen LogP contribution in [0.4, 0.5) is 16.2 Å². The van der Waals surface area contributed by atoms with Crippen molar-refractivity contribution in [3.05, 3.63) is 83.4 Å². The Hall–Kier alpha value is -4.57. The summed E-state index contributed by atoms with van der Waals surface area (Å²) in [6.07, 6.45) is 0.988. The molecule has 1 saturated heterocycles. The molecule has 3 aromatic rings. The monoisotopic (exact) mass is 533 g/mol. The predicted octanol–water partition coefficient (Wildman–Crippen LogP) is 4.28. The van der Waals surface area contributed by atoms with Crippen molar-refractivity contribution in [3.8, 4) is 11.5 Å². The van der Waals surface area contributed by atoms with E-state index in [9.17, 15) is 19.5 Å². The highest BCUT2D eigenvalue weighted by Crippen LogP contribution is 2.30. The van der Waals surface area contributed by atoms with E-state index in [0.717, 1.165) is 5.56 Å². The molecule has 0 bridgehead atoms. The lowest BCUT2D eigenvalue weighted by Crippen LogP contribution is -2.51. The molecule has 0 saturated carbocycles. The second-order valence-electron chi connectivity index (χ2n) is 9.36. The molecule has 0 aliphatic carbocycles. The van der Waals surface area contributed by atoms with Crippen molar-refractivity contribution in [2.24, 2.45) is 0 Å². The number of amides is 3. The summed E-state index contributed by atoms with van der Waals surface area (Å²) in [5, 5.41) is 25.8. The number of rotatable bonds is 9. The normalized spacial score (nSPS) is 16.4. The van der Waals surface area contributed by atoms with E-state index in [1.807, 2.05) is 25.1 Å². The first-order valence-corrected chi connectivity index (χ1v) is 12.5. The fourth-order valence-electron chi connectivity index (χ4n) is 4.47. The summed E-state index contributed by atoms with van der Waals surface area (Å²) >= 11 is 0. The summed E-state index contributed by atoms with van der Waals surface area (Å²) in [6.45, 7) is 2.13. The summed E-state index contributed by atoms with van der Waals surface area (Å²) in [5.41, 5.74) is 1.36. The molecule has 1 aliphatic rings. The maximum Gasteiger partial charge on any atom is 0.335 e. The fraction of sp³-hybridized carbons (Fsp3) is 0.276. The zero-order valence-electron chi connectivity index (χ0n) is 21.8. The van der Waals surface area contributed by atoms with E-state index in [1.165, 1.54) is 36.3 Å². The summed E-state index contributed by atoms with van der Waals surface area (Å²) < 4.78 is 11.1. The first-order chi connectivity index (χ1) is 18.7.